The van der Waals surface area contributed by atoms with Crippen LogP contribution in [0.2, 0.25) is 0 Å². The molecular formula is C18H21N3O2. The predicted octanol–water partition coefficient (Wildman–Crippen LogP) is 3.01. The van der Waals surface area contributed by atoms with E-state index in [2.05, 4.69) is 15.6 Å². The van der Waals surface area contributed by atoms with Crippen molar-refractivity contribution in [3.63, 3.8) is 0 Å². The number of carbonyl (C=O) groups is 2. The molecule has 0 saturated heterocycles. The van der Waals surface area contributed by atoms with Crippen molar-refractivity contribution in [2.45, 2.75) is 44.6 Å². The molecule has 2 aromatic rings. The van der Waals surface area contributed by atoms with Gasteiger partial charge in [-0.05, 0) is 25.0 Å². The van der Waals surface area contributed by atoms with E-state index >= 15 is 0 Å². The van der Waals surface area contributed by atoms with Gasteiger partial charge in [0.15, 0.2) is 0 Å². The molecule has 0 aliphatic heterocycles. The maximum atomic E-state index is 12.2. The van der Waals surface area contributed by atoms with E-state index in [1.165, 1.54) is 12.8 Å². The Morgan fingerprint density at radius 1 is 0.957 bits per heavy atom. The first-order valence-corrected chi connectivity index (χ1v) is 8.19. The minimum atomic E-state index is -0.632. The van der Waals surface area contributed by atoms with Gasteiger partial charge < -0.3 is 10.6 Å². The van der Waals surface area contributed by atoms with Gasteiger partial charge in [-0.15, -0.1) is 0 Å². The van der Waals surface area contributed by atoms with Crippen molar-refractivity contribution in [1.82, 2.24) is 10.3 Å². The van der Waals surface area contributed by atoms with Crippen molar-refractivity contribution < 1.29 is 9.59 Å². The SMILES string of the molecule is O=C(Nc1cccc2cccnc12)C(=O)NC1CCCCCC1. The lowest BCUT2D eigenvalue weighted by Crippen LogP contribution is -2.41. The molecule has 5 heteroatoms. The summed E-state index contributed by atoms with van der Waals surface area (Å²) in [6.45, 7) is 0. The van der Waals surface area contributed by atoms with Crippen LogP contribution >= 0.6 is 0 Å². The third-order valence-electron chi connectivity index (χ3n) is 4.28. The second-order valence-electron chi connectivity index (χ2n) is 6.00. The number of amides is 2. The molecule has 1 saturated carbocycles. The first kappa shape index (κ1) is 15.5. The summed E-state index contributed by atoms with van der Waals surface area (Å²) < 4.78 is 0. The standard InChI is InChI=1S/C18H21N3O2/c22-17(20-14-9-3-1-2-4-10-14)18(23)21-15-11-5-7-13-8-6-12-19-16(13)15/h5-8,11-12,14H,1-4,9-10H2,(H,20,22)(H,21,23). The predicted molar refractivity (Wildman–Crippen MR) is 90.0 cm³/mol. The number of hydrogen-bond acceptors (Lipinski definition) is 3. The molecular weight excluding hydrogens is 290 g/mol. The molecule has 1 aromatic heterocycles. The molecule has 0 radical (unpaired) electrons. The highest BCUT2D eigenvalue weighted by Crippen LogP contribution is 2.21. The Morgan fingerprint density at radius 2 is 1.70 bits per heavy atom. The van der Waals surface area contributed by atoms with Gasteiger partial charge in [-0.1, -0.05) is 43.9 Å². The van der Waals surface area contributed by atoms with Crippen LogP contribution in [0.3, 0.4) is 0 Å². The molecule has 1 fully saturated rings. The monoisotopic (exact) mass is 311 g/mol. The largest absolute Gasteiger partial charge is 0.345 e. The zero-order valence-corrected chi connectivity index (χ0v) is 13.0. The molecule has 1 aromatic carbocycles. The molecule has 1 aliphatic carbocycles. The zero-order chi connectivity index (χ0) is 16.1. The van der Waals surface area contributed by atoms with Crippen LogP contribution in [0.4, 0.5) is 5.69 Å². The molecule has 23 heavy (non-hydrogen) atoms. The van der Waals surface area contributed by atoms with Crippen LogP contribution in [0.5, 0.6) is 0 Å². The van der Waals surface area contributed by atoms with Crippen LogP contribution in [-0.4, -0.2) is 22.8 Å². The van der Waals surface area contributed by atoms with Crippen LogP contribution in [0.25, 0.3) is 10.9 Å². The average Bonchev–Trinajstić information content (AvgIpc) is 2.84. The van der Waals surface area contributed by atoms with Gasteiger partial charge in [-0.3, -0.25) is 14.6 Å². The van der Waals surface area contributed by atoms with Crippen molar-refractivity contribution in [2.75, 3.05) is 5.32 Å². The van der Waals surface area contributed by atoms with Crippen LogP contribution < -0.4 is 10.6 Å². The molecule has 2 N–H and O–H groups in total. The molecule has 5 nitrogen and oxygen atoms in total. The zero-order valence-electron chi connectivity index (χ0n) is 13.0. The van der Waals surface area contributed by atoms with Gasteiger partial charge in [-0.2, -0.15) is 0 Å². The number of anilines is 1. The lowest BCUT2D eigenvalue weighted by atomic mass is 10.1. The van der Waals surface area contributed by atoms with Crippen molar-refractivity contribution in [2.24, 2.45) is 0 Å². The molecule has 2 amide bonds. The van der Waals surface area contributed by atoms with Gasteiger partial charge in [0.1, 0.15) is 0 Å². The average molecular weight is 311 g/mol. The van der Waals surface area contributed by atoms with Gasteiger partial charge >= 0.3 is 11.8 Å². The van der Waals surface area contributed by atoms with Crippen LogP contribution in [0.1, 0.15) is 38.5 Å². The molecule has 0 atom stereocenters. The van der Waals surface area contributed by atoms with E-state index in [0.717, 1.165) is 31.1 Å². The summed E-state index contributed by atoms with van der Waals surface area (Å²) >= 11 is 0. The van der Waals surface area contributed by atoms with Crippen molar-refractivity contribution in [1.29, 1.82) is 0 Å². The summed E-state index contributed by atoms with van der Waals surface area (Å²) in [6.07, 6.45) is 8.22. The Labute approximate surface area is 135 Å². The van der Waals surface area contributed by atoms with Crippen molar-refractivity contribution >= 4 is 28.4 Å². The molecule has 3 rings (SSSR count). The van der Waals surface area contributed by atoms with E-state index in [4.69, 9.17) is 0 Å². The number of pyridine rings is 1. The van der Waals surface area contributed by atoms with E-state index in [1.807, 2.05) is 24.3 Å². The summed E-state index contributed by atoms with van der Waals surface area (Å²) in [6, 6.07) is 9.39. The lowest BCUT2D eigenvalue weighted by Gasteiger charge is -2.16. The fourth-order valence-corrected chi connectivity index (χ4v) is 3.06. The maximum absolute atomic E-state index is 12.2. The highest BCUT2D eigenvalue weighted by Gasteiger charge is 2.20. The smallest absolute Gasteiger partial charge is 0.313 e. The van der Waals surface area contributed by atoms with Gasteiger partial charge in [-0.25, -0.2) is 0 Å². The summed E-state index contributed by atoms with van der Waals surface area (Å²) in [4.78, 5) is 28.6. The highest BCUT2D eigenvalue weighted by atomic mass is 16.2. The summed E-state index contributed by atoms with van der Waals surface area (Å²) in [7, 11) is 0. The number of nitrogens with zero attached hydrogens (tertiary/aromatic N) is 1. The summed E-state index contributed by atoms with van der Waals surface area (Å²) in [5.74, 6) is -1.20. The number of rotatable bonds is 2. The quantitative estimate of drug-likeness (QED) is 0.661. The molecule has 1 aliphatic rings. The Hall–Kier alpha value is -2.43. The van der Waals surface area contributed by atoms with Gasteiger partial charge in [0.25, 0.3) is 0 Å². The molecule has 0 unspecified atom stereocenters. The number of aromatic nitrogens is 1. The normalized spacial score (nSPS) is 15.8. The van der Waals surface area contributed by atoms with Crippen molar-refractivity contribution in [3.05, 3.63) is 36.5 Å². The Bertz CT molecular complexity index is 701. The molecule has 1 heterocycles. The summed E-state index contributed by atoms with van der Waals surface area (Å²) in [5.41, 5.74) is 1.25. The fraction of sp³-hybridized carbons (Fsp3) is 0.389. The number of carbonyl (C=O) groups excluding carboxylic acids is 2. The van der Waals surface area contributed by atoms with E-state index < -0.39 is 11.8 Å². The maximum Gasteiger partial charge on any atom is 0.313 e. The second-order valence-corrected chi connectivity index (χ2v) is 6.00. The minimum absolute atomic E-state index is 0.112. The van der Waals surface area contributed by atoms with Gasteiger partial charge in [0, 0.05) is 17.6 Å². The number of fused-ring (bicyclic) bond motifs is 1. The number of para-hydroxylation sites is 1. The summed E-state index contributed by atoms with van der Waals surface area (Å²) in [5, 5.41) is 6.46. The fourth-order valence-electron chi connectivity index (χ4n) is 3.06. The van der Waals surface area contributed by atoms with Gasteiger partial charge in [0.2, 0.25) is 0 Å². The molecule has 0 spiro atoms. The van der Waals surface area contributed by atoms with Crippen LogP contribution in [-0.2, 0) is 9.59 Å². The Kier molecular flexibility index (Phi) is 4.86. The van der Waals surface area contributed by atoms with Gasteiger partial charge in [0.05, 0.1) is 11.2 Å². The first-order valence-electron chi connectivity index (χ1n) is 8.19. The van der Waals surface area contributed by atoms with Crippen LogP contribution in [0, 0.1) is 0 Å². The number of hydrogen-bond donors (Lipinski definition) is 2. The Morgan fingerprint density at radius 3 is 2.48 bits per heavy atom. The van der Waals surface area contributed by atoms with Crippen molar-refractivity contribution in [3.8, 4) is 0 Å². The molecule has 0 bridgehead atoms. The number of benzene rings is 1. The second kappa shape index (κ2) is 7.22. The van der Waals surface area contributed by atoms with E-state index in [-0.39, 0.29) is 6.04 Å². The first-order chi connectivity index (χ1) is 11.2. The third-order valence-corrected chi connectivity index (χ3v) is 4.28. The topological polar surface area (TPSA) is 71.1 Å². The van der Waals surface area contributed by atoms with E-state index in [1.54, 1.807) is 12.3 Å². The molecule has 120 valence electrons. The minimum Gasteiger partial charge on any atom is -0.345 e. The number of nitrogens with one attached hydrogen (secondary N) is 2. The van der Waals surface area contributed by atoms with Crippen LogP contribution in [0.15, 0.2) is 36.5 Å². The Balaban J connectivity index is 1.66. The van der Waals surface area contributed by atoms with E-state index in [0.29, 0.717) is 11.2 Å². The highest BCUT2D eigenvalue weighted by molar-refractivity contribution is 6.40. The lowest BCUT2D eigenvalue weighted by molar-refractivity contribution is -0.136. The van der Waals surface area contributed by atoms with E-state index in [9.17, 15) is 9.59 Å². The third kappa shape index (κ3) is 3.86.